The van der Waals surface area contributed by atoms with E-state index in [0.717, 1.165) is 6.07 Å². The SMILES string of the molecule is CC(=O)Nc1cccc(O)c1[As](=O)(O)O.Cc1ncccc1S(=O)(=O)Cl. The summed E-state index contributed by atoms with van der Waals surface area (Å²) in [5, 5.41) is 11.6. The quantitative estimate of drug-likeness (QED) is 0.370. The molecule has 0 fully saturated rings. The predicted octanol–water partition coefficient (Wildman–Crippen LogP) is 0.229. The van der Waals surface area contributed by atoms with E-state index in [1.54, 1.807) is 6.92 Å². The summed E-state index contributed by atoms with van der Waals surface area (Å²) in [5.41, 5.74) is 0.359. The minimum Gasteiger partial charge on any atom is -0.260 e. The third-order valence-corrected chi connectivity index (χ3v) is 6.50. The van der Waals surface area contributed by atoms with Gasteiger partial charge in [0.1, 0.15) is 4.90 Å². The van der Waals surface area contributed by atoms with Gasteiger partial charge in [0.2, 0.25) is 0 Å². The van der Waals surface area contributed by atoms with E-state index in [2.05, 4.69) is 10.3 Å². The van der Waals surface area contributed by atoms with Crippen LogP contribution in [0.1, 0.15) is 12.6 Å². The molecule has 0 aliphatic heterocycles. The average Bonchev–Trinajstić information content (AvgIpc) is 2.45. The number of benzene rings is 1. The smallest absolute Gasteiger partial charge is 0.260 e. The molecule has 0 spiro atoms. The molecule has 9 nitrogen and oxygen atoms in total. The topological polar surface area (TPSA) is 154 Å². The molecule has 0 aliphatic carbocycles. The number of carbonyl (C=O) groups excluding carboxylic acids is 1. The van der Waals surface area contributed by atoms with Crippen LogP contribution in [0, 0.1) is 6.92 Å². The number of nitrogens with one attached hydrogen (secondary N) is 1. The Hall–Kier alpha value is -1.84. The van der Waals surface area contributed by atoms with Gasteiger partial charge in [-0.25, -0.2) is 8.42 Å². The minimum atomic E-state index is -5.25. The third-order valence-electron chi connectivity index (χ3n) is 2.84. The molecule has 26 heavy (non-hydrogen) atoms. The molecule has 142 valence electrons. The Bertz CT molecular complexity index is 960. The Morgan fingerprint density at radius 2 is 1.85 bits per heavy atom. The summed E-state index contributed by atoms with van der Waals surface area (Å²) in [5.74, 6) is -0.987. The van der Waals surface area contributed by atoms with Gasteiger partial charge >= 0.3 is 88.1 Å². The van der Waals surface area contributed by atoms with E-state index >= 15 is 0 Å². The van der Waals surface area contributed by atoms with Crippen LogP contribution < -0.4 is 9.67 Å². The molecule has 0 saturated heterocycles. The summed E-state index contributed by atoms with van der Waals surface area (Å²) in [6.45, 7) is 2.80. The second kappa shape index (κ2) is 8.70. The monoisotopic (exact) mass is 466 g/mol. The van der Waals surface area contributed by atoms with Gasteiger partial charge in [0.15, 0.2) is 0 Å². The van der Waals surface area contributed by atoms with Gasteiger partial charge in [-0.15, -0.1) is 0 Å². The zero-order chi connectivity index (χ0) is 20.1. The van der Waals surface area contributed by atoms with Crippen molar-refractivity contribution in [3.05, 3.63) is 42.2 Å². The number of anilines is 1. The van der Waals surface area contributed by atoms with Gasteiger partial charge < -0.3 is 0 Å². The van der Waals surface area contributed by atoms with Crippen molar-refractivity contribution in [1.82, 2.24) is 4.98 Å². The van der Waals surface area contributed by atoms with Crippen LogP contribution in [0.5, 0.6) is 5.75 Å². The van der Waals surface area contributed by atoms with E-state index in [1.165, 1.54) is 37.4 Å². The van der Waals surface area contributed by atoms with E-state index in [0.29, 0.717) is 5.69 Å². The van der Waals surface area contributed by atoms with Crippen LogP contribution in [-0.2, 0) is 17.6 Å². The van der Waals surface area contributed by atoms with Crippen molar-refractivity contribution >= 4 is 49.9 Å². The van der Waals surface area contributed by atoms with Gasteiger partial charge in [0.25, 0.3) is 9.05 Å². The maximum atomic E-state index is 11.1. The van der Waals surface area contributed by atoms with Gasteiger partial charge in [-0.2, -0.15) is 0 Å². The van der Waals surface area contributed by atoms with Crippen molar-refractivity contribution in [3.63, 3.8) is 0 Å². The second-order valence-corrected chi connectivity index (χ2v) is 10.7. The van der Waals surface area contributed by atoms with Crippen LogP contribution in [0.2, 0.25) is 0 Å². The summed E-state index contributed by atoms with van der Waals surface area (Å²) in [6, 6.07) is 6.81. The fraction of sp³-hybridized carbons (Fsp3) is 0.143. The zero-order valence-electron chi connectivity index (χ0n) is 13.6. The van der Waals surface area contributed by atoms with Crippen molar-refractivity contribution in [2.75, 3.05) is 5.32 Å². The fourth-order valence-corrected chi connectivity index (χ4v) is 4.71. The van der Waals surface area contributed by atoms with E-state index in [9.17, 15) is 22.1 Å². The number of nitrogens with zero attached hydrogens (tertiary/aromatic N) is 1. The maximum absolute atomic E-state index is 11.1. The van der Waals surface area contributed by atoms with Crippen LogP contribution in [-0.4, -0.2) is 46.8 Å². The molecular formula is C14H16AsClN2O7S. The number of aromatic nitrogens is 1. The molecule has 12 heteroatoms. The van der Waals surface area contributed by atoms with Gasteiger partial charge in [-0.05, 0) is 19.1 Å². The van der Waals surface area contributed by atoms with Crippen molar-refractivity contribution in [2.24, 2.45) is 0 Å². The number of hydrogen-bond donors (Lipinski definition) is 4. The van der Waals surface area contributed by atoms with Crippen LogP contribution in [0.4, 0.5) is 5.69 Å². The number of hydrogen-bond acceptors (Lipinski definition) is 6. The predicted molar refractivity (Wildman–Crippen MR) is 94.9 cm³/mol. The molecule has 1 aromatic carbocycles. The number of aryl methyl sites for hydroxylation is 1. The summed E-state index contributed by atoms with van der Waals surface area (Å²) in [6.07, 6.45) is 1.51. The first kappa shape index (κ1) is 22.2. The molecule has 0 aliphatic rings. The molecule has 2 aromatic rings. The Kier molecular flexibility index (Phi) is 7.43. The van der Waals surface area contributed by atoms with E-state index in [1.807, 2.05) is 0 Å². The van der Waals surface area contributed by atoms with Gasteiger partial charge in [-0.1, -0.05) is 0 Å². The molecule has 0 bridgehead atoms. The number of rotatable bonds is 3. The Labute approximate surface area is 157 Å². The number of phenolic OH excluding ortho intramolecular Hbond substituents is 1. The van der Waals surface area contributed by atoms with Gasteiger partial charge in [-0.3, -0.25) is 4.98 Å². The number of phenols is 1. The first-order valence-corrected chi connectivity index (χ1v) is 12.5. The number of amides is 1. The van der Waals surface area contributed by atoms with Crippen molar-refractivity contribution in [2.45, 2.75) is 18.7 Å². The number of carbonyl (C=O) groups is 1. The fourth-order valence-electron chi connectivity index (χ4n) is 1.86. The number of halogens is 1. The normalized spacial score (nSPS) is 11.3. The Balaban J connectivity index is 0.000000273. The van der Waals surface area contributed by atoms with Gasteiger partial charge in [0.05, 0.1) is 5.69 Å². The number of aromatic hydroxyl groups is 1. The van der Waals surface area contributed by atoms with Crippen LogP contribution in [0.25, 0.3) is 0 Å². The van der Waals surface area contributed by atoms with Crippen molar-refractivity contribution in [3.8, 4) is 5.75 Å². The van der Waals surface area contributed by atoms with Crippen LogP contribution in [0.3, 0.4) is 0 Å². The number of pyridine rings is 1. The van der Waals surface area contributed by atoms with Crippen LogP contribution in [0.15, 0.2) is 41.4 Å². The summed E-state index contributed by atoms with van der Waals surface area (Å²) < 4.78 is 50.2. The van der Waals surface area contributed by atoms with Crippen molar-refractivity contribution in [1.29, 1.82) is 0 Å². The first-order chi connectivity index (χ1) is 11.8. The van der Waals surface area contributed by atoms with Gasteiger partial charge in [0, 0.05) is 16.9 Å². The minimum absolute atomic E-state index is 0.0602. The molecule has 0 atom stereocenters. The zero-order valence-corrected chi connectivity index (χ0v) is 17.1. The molecule has 0 saturated carbocycles. The average molecular weight is 467 g/mol. The molecule has 0 unspecified atom stereocenters. The molecule has 1 amide bonds. The Morgan fingerprint density at radius 3 is 2.27 bits per heavy atom. The Morgan fingerprint density at radius 1 is 1.23 bits per heavy atom. The summed E-state index contributed by atoms with van der Waals surface area (Å²) >= 11 is -5.25. The third kappa shape index (κ3) is 6.47. The molecule has 1 aromatic heterocycles. The molecule has 4 N–H and O–H groups in total. The first-order valence-electron chi connectivity index (χ1n) is 6.86. The standard InChI is InChI=1S/C8H10AsNO5.C6H6ClNO2S/c1-5(11)10-6-3-2-4-7(12)8(6)9(13,14)15;1-5-6(11(7,9)10)3-2-4-8-5/h2-4,12H,1H3,(H,10,11)(H2,13,14,15);2-4H,1H3. The largest absolute Gasteiger partial charge is 0.263 e. The molecule has 0 radical (unpaired) electrons. The maximum Gasteiger partial charge on any atom is 0.263 e. The van der Waals surface area contributed by atoms with E-state index in [4.69, 9.17) is 18.9 Å². The van der Waals surface area contributed by atoms with E-state index in [-0.39, 0.29) is 10.6 Å². The van der Waals surface area contributed by atoms with Crippen molar-refractivity contribution < 1.29 is 30.2 Å². The molecule has 1 heterocycles. The summed E-state index contributed by atoms with van der Waals surface area (Å²) in [7, 11) is 1.47. The van der Waals surface area contributed by atoms with Crippen LogP contribution >= 0.6 is 10.7 Å². The van der Waals surface area contributed by atoms with E-state index < -0.39 is 39.2 Å². The molecule has 2 rings (SSSR count). The second-order valence-electron chi connectivity index (χ2n) is 4.92. The molecular weight excluding hydrogens is 451 g/mol. The summed E-state index contributed by atoms with van der Waals surface area (Å²) in [4.78, 5) is 14.6.